The molecule has 2 aromatic heterocycles. The molecule has 1 fully saturated rings. The molecule has 3 heterocycles. The van der Waals surface area contributed by atoms with Crippen molar-refractivity contribution in [2.45, 2.75) is 6.54 Å². The van der Waals surface area contributed by atoms with Gasteiger partial charge in [0.1, 0.15) is 5.82 Å². The van der Waals surface area contributed by atoms with Crippen molar-refractivity contribution < 1.29 is 4.74 Å². The lowest BCUT2D eigenvalue weighted by Crippen LogP contribution is -2.36. The van der Waals surface area contributed by atoms with E-state index in [1.807, 2.05) is 18.2 Å². The van der Waals surface area contributed by atoms with Gasteiger partial charge < -0.3 is 4.74 Å². The van der Waals surface area contributed by atoms with Gasteiger partial charge in [0.2, 0.25) is 4.96 Å². The zero-order valence-electron chi connectivity index (χ0n) is 10.5. The van der Waals surface area contributed by atoms with Crippen LogP contribution in [0, 0.1) is 0 Å². The molecule has 98 valence electrons. The van der Waals surface area contributed by atoms with E-state index in [2.05, 4.69) is 24.7 Å². The third-order valence-corrected chi connectivity index (χ3v) is 4.23. The molecule has 0 radical (unpaired) electrons. The molecule has 0 saturated carbocycles. The smallest absolute Gasteiger partial charge is 0.214 e. The predicted octanol–water partition coefficient (Wildman–Crippen LogP) is 1.78. The van der Waals surface area contributed by atoms with Crippen LogP contribution in [0.3, 0.4) is 0 Å². The minimum atomic E-state index is 0.817. The van der Waals surface area contributed by atoms with Gasteiger partial charge >= 0.3 is 0 Å². The Balaban J connectivity index is 1.76. The zero-order valence-corrected chi connectivity index (χ0v) is 11.3. The van der Waals surface area contributed by atoms with E-state index >= 15 is 0 Å². The van der Waals surface area contributed by atoms with Crippen molar-refractivity contribution in [1.29, 1.82) is 0 Å². The summed E-state index contributed by atoms with van der Waals surface area (Å²) in [6.07, 6.45) is 0. The lowest BCUT2D eigenvalue weighted by molar-refractivity contribution is 0.0331. The van der Waals surface area contributed by atoms with E-state index in [1.165, 1.54) is 11.5 Å². The maximum absolute atomic E-state index is 5.38. The van der Waals surface area contributed by atoms with Gasteiger partial charge in [-0.1, -0.05) is 12.1 Å². The van der Waals surface area contributed by atoms with E-state index in [4.69, 9.17) is 4.74 Å². The molecule has 4 rings (SSSR count). The van der Waals surface area contributed by atoms with Crippen molar-refractivity contribution >= 4 is 27.5 Å². The molecular weight excluding hydrogens is 260 g/mol. The Bertz CT molecular complexity index is 714. The van der Waals surface area contributed by atoms with E-state index < -0.39 is 0 Å². The Kier molecular flexibility index (Phi) is 2.72. The average molecular weight is 274 g/mol. The highest BCUT2D eigenvalue weighted by molar-refractivity contribution is 7.11. The fourth-order valence-electron chi connectivity index (χ4n) is 2.51. The third-order valence-electron chi connectivity index (χ3n) is 3.49. The van der Waals surface area contributed by atoms with E-state index in [9.17, 15) is 0 Å². The fraction of sp³-hybridized carbons (Fsp3) is 0.385. The van der Waals surface area contributed by atoms with Crippen LogP contribution >= 0.6 is 11.5 Å². The van der Waals surface area contributed by atoms with E-state index in [-0.39, 0.29) is 0 Å². The van der Waals surface area contributed by atoms with Gasteiger partial charge in [-0.2, -0.15) is 4.37 Å². The highest BCUT2D eigenvalue weighted by atomic mass is 32.1. The van der Waals surface area contributed by atoms with Crippen LogP contribution in [0.15, 0.2) is 24.3 Å². The molecule has 0 atom stereocenters. The summed E-state index contributed by atoms with van der Waals surface area (Å²) < 4.78 is 12.1. The topological polar surface area (TPSA) is 42.7 Å². The molecule has 0 unspecified atom stereocenters. The maximum atomic E-state index is 5.38. The Morgan fingerprint density at radius 3 is 2.95 bits per heavy atom. The van der Waals surface area contributed by atoms with Crippen molar-refractivity contribution in [3.05, 3.63) is 30.1 Å². The molecule has 1 saturated heterocycles. The number of rotatable bonds is 2. The molecule has 6 heteroatoms. The lowest BCUT2D eigenvalue weighted by atomic mass is 10.3. The Labute approximate surface area is 114 Å². The molecule has 1 aromatic carbocycles. The van der Waals surface area contributed by atoms with Gasteiger partial charge in [0, 0.05) is 24.6 Å². The molecule has 0 spiro atoms. The minimum Gasteiger partial charge on any atom is -0.379 e. The van der Waals surface area contributed by atoms with Crippen LogP contribution in [-0.2, 0) is 11.3 Å². The second-order valence-electron chi connectivity index (χ2n) is 4.71. The number of benzene rings is 1. The first-order valence-corrected chi connectivity index (χ1v) is 7.21. The van der Waals surface area contributed by atoms with Crippen molar-refractivity contribution in [3.8, 4) is 0 Å². The monoisotopic (exact) mass is 274 g/mol. The summed E-state index contributed by atoms with van der Waals surface area (Å²) in [7, 11) is 0. The van der Waals surface area contributed by atoms with Crippen LogP contribution in [-0.4, -0.2) is 45.0 Å². The summed E-state index contributed by atoms with van der Waals surface area (Å²) in [6, 6.07) is 8.22. The first-order chi connectivity index (χ1) is 9.42. The molecule has 1 aliphatic rings. The van der Waals surface area contributed by atoms with Gasteiger partial charge in [-0.25, -0.2) is 4.98 Å². The number of hydrogen-bond acceptors (Lipinski definition) is 5. The Morgan fingerprint density at radius 1 is 1.21 bits per heavy atom. The number of para-hydroxylation sites is 2. The summed E-state index contributed by atoms with van der Waals surface area (Å²) in [4.78, 5) is 7.96. The summed E-state index contributed by atoms with van der Waals surface area (Å²) in [5, 5.41) is 0. The van der Waals surface area contributed by atoms with Crippen molar-refractivity contribution in [1.82, 2.24) is 18.7 Å². The number of imidazole rings is 1. The number of ether oxygens (including phenoxy) is 1. The first-order valence-electron chi connectivity index (χ1n) is 6.44. The predicted molar refractivity (Wildman–Crippen MR) is 74.5 cm³/mol. The van der Waals surface area contributed by atoms with Gasteiger partial charge in [0.05, 0.1) is 30.8 Å². The number of aromatic nitrogens is 3. The van der Waals surface area contributed by atoms with Crippen molar-refractivity contribution in [3.63, 3.8) is 0 Å². The van der Waals surface area contributed by atoms with Gasteiger partial charge in [-0.05, 0) is 12.1 Å². The second-order valence-corrected chi connectivity index (χ2v) is 5.44. The summed E-state index contributed by atoms with van der Waals surface area (Å²) in [5.41, 5.74) is 2.19. The van der Waals surface area contributed by atoms with Gasteiger partial charge in [0.15, 0.2) is 0 Å². The molecule has 1 aliphatic heterocycles. The Hall–Kier alpha value is -1.50. The van der Waals surface area contributed by atoms with Crippen LogP contribution in [0.2, 0.25) is 0 Å². The maximum Gasteiger partial charge on any atom is 0.214 e. The Morgan fingerprint density at radius 2 is 2.05 bits per heavy atom. The lowest BCUT2D eigenvalue weighted by Gasteiger charge is -2.25. The average Bonchev–Trinajstić information content (AvgIpc) is 3.00. The summed E-state index contributed by atoms with van der Waals surface area (Å²) >= 11 is 1.47. The van der Waals surface area contributed by atoms with Gasteiger partial charge in [-0.3, -0.25) is 9.30 Å². The molecule has 19 heavy (non-hydrogen) atoms. The number of hydrogen-bond donors (Lipinski definition) is 0. The van der Waals surface area contributed by atoms with Crippen LogP contribution in [0.25, 0.3) is 16.0 Å². The number of nitrogens with zero attached hydrogens (tertiary/aromatic N) is 4. The van der Waals surface area contributed by atoms with Crippen LogP contribution in [0.1, 0.15) is 5.82 Å². The van der Waals surface area contributed by atoms with E-state index in [0.717, 1.165) is 54.7 Å². The number of fused-ring (bicyclic) bond motifs is 3. The normalized spacial score (nSPS) is 17.5. The largest absolute Gasteiger partial charge is 0.379 e. The van der Waals surface area contributed by atoms with E-state index in [0.29, 0.717) is 0 Å². The quantitative estimate of drug-likeness (QED) is 0.714. The zero-order chi connectivity index (χ0) is 12.7. The minimum absolute atomic E-state index is 0.817. The molecule has 0 N–H and O–H groups in total. The molecule has 0 aliphatic carbocycles. The van der Waals surface area contributed by atoms with Crippen LogP contribution < -0.4 is 0 Å². The SMILES string of the molecule is c1ccc2c(c1)nc1snc(CN3CCOCC3)n12. The van der Waals surface area contributed by atoms with E-state index in [1.54, 1.807) is 0 Å². The fourth-order valence-corrected chi connectivity index (χ4v) is 3.26. The highest BCUT2D eigenvalue weighted by Gasteiger charge is 2.16. The molecular formula is C13H14N4OS. The third kappa shape index (κ3) is 1.92. The first kappa shape index (κ1) is 11.3. The van der Waals surface area contributed by atoms with Crippen molar-refractivity contribution in [2.75, 3.05) is 26.3 Å². The number of morpholine rings is 1. The molecule has 5 nitrogen and oxygen atoms in total. The van der Waals surface area contributed by atoms with Crippen molar-refractivity contribution in [2.24, 2.45) is 0 Å². The molecule has 0 amide bonds. The van der Waals surface area contributed by atoms with Crippen LogP contribution in [0.4, 0.5) is 0 Å². The second kappa shape index (κ2) is 4.56. The standard InChI is InChI=1S/C13H14N4OS/c1-2-4-11-10(3-1)14-13-17(11)12(15-19-13)9-16-5-7-18-8-6-16/h1-4H,5-9H2. The summed E-state index contributed by atoms with van der Waals surface area (Å²) in [6.45, 7) is 4.46. The molecule has 0 bridgehead atoms. The molecule has 3 aromatic rings. The summed E-state index contributed by atoms with van der Waals surface area (Å²) in [5.74, 6) is 1.08. The van der Waals surface area contributed by atoms with Gasteiger partial charge in [0.25, 0.3) is 0 Å². The highest BCUT2D eigenvalue weighted by Crippen LogP contribution is 2.21. The van der Waals surface area contributed by atoms with Gasteiger partial charge in [-0.15, -0.1) is 0 Å². The van der Waals surface area contributed by atoms with Crippen LogP contribution in [0.5, 0.6) is 0 Å².